The van der Waals surface area contributed by atoms with Gasteiger partial charge in [0, 0.05) is 0 Å². The number of carbonyl (C=O) groups is 1. The van der Waals surface area contributed by atoms with E-state index in [9.17, 15) is 13.6 Å². The van der Waals surface area contributed by atoms with Crippen molar-refractivity contribution >= 4 is 5.97 Å². The van der Waals surface area contributed by atoms with Gasteiger partial charge in [0.1, 0.15) is 6.04 Å². The smallest absolute Gasteiger partial charge is 0.322 e. The summed E-state index contributed by atoms with van der Waals surface area (Å²) in [6.45, 7) is 0. The Morgan fingerprint density at radius 2 is 2.00 bits per heavy atom. The minimum atomic E-state index is -1.09. The van der Waals surface area contributed by atoms with Gasteiger partial charge in [0.15, 0.2) is 17.4 Å². The third-order valence-corrected chi connectivity index (χ3v) is 2.04. The molecule has 0 heterocycles. The van der Waals surface area contributed by atoms with Gasteiger partial charge >= 0.3 is 5.97 Å². The van der Waals surface area contributed by atoms with Gasteiger partial charge in [-0.3, -0.25) is 4.79 Å². The van der Waals surface area contributed by atoms with Gasteiger partial charge in [-0.05, 0) is 24.1 Å². The summed E-state index contributed by atoms with van der Waals surface area (Å²) in [4.78, 5) is 11.0. The van der Waals surface area contributed by atoms with E-state index in [2.05, 4.69) is 4.74 Å². The van der Waals surface area contributed by atoms with E-state index in [0.717, 1.165) is 12.1 Å². The highest BCUT2D eigenvalue weighted by Gasteiger charge is 2.17. The van der Waals surface area contributed by atoms with Crippen LogP contribution in [0.1, 0.15) is 5.56 Å². The normalized spacial score (nSPS) is 12.2. The zero-order valence-corrected chi connectivity index (χ0v) is 8.54. The highest BCUT2D eigenvalue weighted by molar-refractivity contribution is 5.75. The van der Waals surface area contributed by atoms with Crippen LogP contribution in [0.4, 0.5) is 8.78 Å². The lowest BCUT2D eigenvalue weighted by molar-refractivity contribution is -0.142. The summed E-state index contributed by atoms with van der Waals surface area (Å²) < 4.78 is 30.2. The highest BCUT2D eigenvalue weighted by Crippen LogP contribution is 2.21. The fourth-order valence-corrected chi connectivity index (χ4v) is 1.22. The molecule has 0 aromatic heterocycles. The second-order valence-corrected chi connectivity index (χ2v) is 3.24. The molecular weight excluding hydrogens is 220 g/mol. The summed E-state index contributed by atoms with van der Waals surface area (Å²) in [6.07, 6.45) is -0.0687. The van der Waals surface area contributed by atoms with E-state index in [-0.39, 0.29) is 12.0 Å². The number of carbonyl (C=O) groups excluding carboxylic acids is 1. The molecule has 0 amide bonds. The second kappa shape index (κ2) is 4.89. The van der Waals surface area contributed by atoms with Crippen LogP contribution in [0.3, 0.4) is 0 Å². The first-order chi connectivity index (χ1) is 7.45. The SMILES string of the molecule is COC(=O)C(N)Cc1cc(F)c(O)c(F)c1. The third kappa shape index (κ3) is 2.66. The molecule has 4 nitrogen and oxygen atoms in total. The number of rotatable bonds is 3. The predicted octanol–water partition coefficient (Wildman–Crippen LogP) is 0.713. The molecule has 1 aromatic rings. The lowest BCUT2D eigenvalue weighted by atomic mass is 10.1. The summed E-state index contributed by atoms with van der Waals surface area (Å²) in [5, 5.41) is 8.85. The van der Waals surface area contributed by atoms with Crippen LogP contribution in [0.15, 0.2) is 12.1 Å². The molecule has 0 spiro atoms. The number of nitrogens with two attached hydrogens (primary N) is 1. The summed E-state index contributed by atoms with van der Waals surface area (Å²) in [7, 11) is 1.17. The Hall–Kier alpha value is -1.69. The van der Waals surface area contributed by atoms with Gasteiger partial charge in [-0.1, -0.05) is 0 Å². The monoisotopic (exact) mass is 231 g/mol. The number of phenolic OH excluding ortho intramolecular Hbond substituents is 1. The first kappa shape index (κ1) is 12.4. The average molecular weight is 231 g/mol. The van der Waals surface area contributed by atoms with Gasteiger partial charge in [0.05, 0.1) is 7.11 Å². The molecular formula is C10H11F2NO3. The van der Waals surface area contributed by atoms with Crippen molar-refractivity contribution in [2.24, 2.45) is 5.73 Å². The molecule has 0 fully saturated rings. The third-order valence-electron chi connectivity index (χ3n) is 2.04. The van der Waals surface area contributed by atoms with Crippen LogP contribution >= 0.6 is 0 Å². The number of methoxy groups -OCH3 is 1. The first-order valence-electron chi connectivity index (χ1n) is 4.46. The van der Waals surface area contributed by atoms with Crippen molar-refractivity contribution in [3.05, 3.63) is 29.3 Å². The van der Waals surface area contributed by atoms with E-state index in [0.29, 0.717) is 0 Å². The maximum atomic E-state index is 12.9. The Balaban J connectivity index is 2.86. The van der Waals surface area contributed by atoms with Gasteiger partial charge in [-0.25, -0.2) is 8.78 Å². The van der Waals surface area contributed by atoms with Crippen LogP contribution in [0.25, 0.3) is 0 Å². The zero-order chi connectivity index (χ0) is 12.3. The van der Waals surface area contributed by atoms with E-state index < -0.39 is 29.4 Å². The Morgan fingerprint density at radius 3 is 2.44 bits per heavy atom. The molecule has 1 unspecified atom stereocenters. The van der Waals surface area contributed by atoms with E-state index in [4.69, 9.17) is 10.8 Å². The quantitative estimate of drug-likeness (QED) is 0.751. The van der Waals surface area contributed by atoms with Crippen molar-refractivity contribution in [3.63, 3.8) is 0 Å². The molecule has 3 N–H and O–H groups in total. The molecule has 1 rings (SSSR count). The fourth-order valence-electron chi connectivity index (χ4n) is 1.22. The summed E-state index contributed by atoms with van der Waals surface area (Å²) in [5.41, 5.74) is 5.59. The lowest BCUT2D eigenvalue weighted by Crippen LogP contribution is -2.33. The fraction of sp³-hybridized carbons (Fsp3) is 0.300. The second-order valence-electron chi connectivity index (χ2n) is 3.24. The van der Waals surface area contributed by atoms with Gasteiger partial charge in [0.25, 0.3) is 0 Å². The van der Waals surface area contributed by atoms with Crippen LogP contribution in [-0.4, -0.2) is 24.2 Å². The number of hydrogen-bond acceptors (Lipinski definition) is 4. The van der Waals surface area contributed by atoms with Crippen molar-refractivity contribution in [2.75, 3.05) is 7.11 Å². The maximum absolute atomic E-state index is 12.9. The average Bonchev–Trinajstić information content (AvgIpc) is 2.24. The van der Waals surface area contributed by atoms with Crippen LogP contribution in [0.5, 0.6) is 5.75 Å². The van der Waals surface area contributed by atoms with Crippen molar-refractivity contribution in [1.29, 1.82) is 0 Å². The van der Waals surface area contributed by atoms with Crippen LogP contribution in [-0.2, 0) is 16.0 Å². The predicted molar refractivity (Wildman–Crippen MR) is 51.7 cm³/mol. The molecule has 0 radical (unpaired) electrons. The number of ether oxygens (including phenoxy) is 1. The number of esters is 1. The van der Waals surface area contributed by atoms with E-state index in [1.165, 1.54) is 7.11 Å². The van der Waals surface area contributed by atoms with Crippen LogP contribution in [0.2, 0.25) is 0 Å². The molecule has 0 aliphatic carbocycles. The van der Waals surface area contributed by atoms with E-state index >= 15 is 0 Å². The summed E-state index contributed by atoms with van der Waals surface area (Å²) in [6, 6.07) is 0.843. The van der Waals surface area contributed by atoms with Gasteiger partial charge in [-0.15, -0.1) is 0 Å². The molecule has 88 valence electrons. The number of aromatic hydroxyl groups is 1. The Morgan fingerprint density at radius 1 is 1.50 bits per heavy atom. The zero-order valence-electron chi connectivity index (χ0n) is 8.54. The van der Waals surface area contributed by atoms with Gasteiger partial charge in [-0.2, -0.15) is 0 Å². The molecule has 0 saturated carbocycles. The van der Waals surface area contributed by atoms with E-state index in [1.807, 2.05) is 0 Å². The van der Waals surface area contributed by atoms with Gasteiger partial charge < -0.3 is 15.6 Å². The Bertz CT molecular complexity index is 386. The standard InChI is InChI=1S/C10H11F2NO3/c1-16-10(15)8(13)4-5-2-6(11)9(14)7(12)3-5/h2-3,8,14H,4,13H2,1H3. The summed E-state index contributed by atoms with van der Waals surface area (Å²) in [5.74, 6) is -3.90. The number of phenols is 1. The molecule has 0 bridgehead atoms. The molecule has 1 aromatic carbocycles. The van der Waals surface area contributed by atoms with Gasteiger partial charge in [0.2, 0.25) is 0 Å². The first-order valence-corrected chi connectivity index (χ1v) is 4.46. The molecule has 0 saturated heterocycles. The molecule has 0 aliphatic rings. The van der Waals surface area contributed by atoms with Crippen molar-refractivity contribution in [1.82, 2.24) is 0 Å². The Labute approximate surface area is 90.6 Å². The van der Waals surface area contributed by atoms with Crippen molar-refractivity contribution in [2.45, 2.75) is 12.5 Å². The number of halogens is 2. The summed E-state index contributed by atoms with van der Waals surface area (Å²) >= 11 is 0. The maximum Gasteiger partial charge on any atom is 0.322 e. The minimum absolute atomic E-state index is 0.0687. The molecule has 0 aliphatic heterocycles. The largest absolute Gasteiger partial charge is 0.503 e. The minimum Gasteiger partial charge on any atom is -0.503 e. The van der Waals surface area contributed by atoms with Crippen molar-refractivity contribution < 1.29 is 23.4 Å². The van der Waals surface area contributed by atoms with E-state index in [1.54, 1.807) is 0 Å². The number of hydrogen-bond donors (Lipinski definition) is 2. The highest BCUT2D eigenvalue weighted by atomic mass is 19.1. The van der Waals surface area contributed by atoms with Crippen LogP contribution < -0.4 is 5.73 Å². The molecule has 6 heteroatoms. The molecule has 1 atom stereocenters. The molecule has 16 heavy (non-hydrogen) atoms. The van der Waals surface area contributed by atoms with Crippen LogP contribution in [0, 0.1) is 11.6 Å². The lowest BCUT2D eigenvalue weighted by Gasteiger charge is -2.09. The Kier molecular flexibility index (Phi) is 3.78. The number of benzene rings is 1. The van der Waals surface area contributed by atoms with Crippen molar-refractivity contribution in [3.8, 4) is 5.75 Å². The topological polar surface area (TPSA) is 72.5 Å².